The number of carbonyl (C=O) groups is 1. The summed E-state index contributed by atoms with van der Waals surface area (Å²) in [5.41, 5.74) is -0.406. The van der Waals surface area contributed by atoms with Crippen LogP contribution < -0.4 is 0 Å². The first kappa shape index (κ1) is 17.5. The summed E-state index contributed by atoms with van der Waals surface area (Å²) in [6.07, 6.45) is -3.01. The molecular formula is C11H15F3N2O4S. The smallest absolute Gasteiger partial charge is 0.402 e. The highest BCUT2D eigenvalue weighted by atomic mass is 32.2. The minimum Gasteiger partial charge on any atom is -0.477 e. The molecule has 0 aromatic carbocycles. The Labute approximate surface area is 119 Å². The van der Waals surface area contributed by atoms with Gasteiger partial charge in [-0.25, -0.2) is 13.2 Å². The van der Waals surface area contributed by atoms with Crippen LogP contribution in [-0.2, 0) is 10.0 Å². The van der Waals surface area contributed by atoms with E-state index < -0.39 is 39.3 Å². The fraction of sp³-hybridized carbons (Fsp3) is 0.545. The second-order valence-electron chi connectivity index (χ2n) is 4.36. The predicted molar refractivity (Wildman–Crippen MR) is 67.5 cm³/mol. The molecule has 1 rings (SSSR count). The topological polar surface area (TPSA) is 90.5 Å². The number of halogens is 3. The van der Waals surface area contributed by atoms with Gasteiger partial charge in [0.05, 0.1) is 0 Å². The number of hydrogen-bond donors (Lipinski definition) is 2. The number of aromatic nitrogens is 1. The number of hydrogen-bond acceptors (Lipinski definition) is 3. The van der Waals surface area contributed by atoms with E-state index in [0.29, 0.717) is 10.7 Å². The maximum atomic E-state index is 12.5. The SMILES string of the molecule is CCCCN(CC(F)(F)F)S(=O)(=O)c1c[nH]c(C(=O)O)c1. The Balaban J connectivity index is 3.09. The van der Waals surface area contributed by atoms with Crippen molar-refractivity contribution >= 4 is 16.0 Å². The fourth-order valence-electron chi connectivity index (χ4n) is 1.61. The molecular weight excluding hydrogens is 313 g/mol. The van der Waals surface area contributed by atoms with Gasteiger partial charge in [0.1, 0.15) is 17.1 Å². The number of carboxylic acids is 1. The highest BCUT2D eigenvalue weighted by Gasteiger charge is 2.37. The Kier molecular flexibility index (Phi) is 5.40. The highest BCUT2D eigenvalue weighted by Crippen LogP contribution is 2.23. The summed E-state index contributed by atoms with van der Waals surface area (Å²) in [7, 11) is -4.40. The number of aromatic carboxylic acids is 1. The molecule has 0 fully saturated rings. The Hall–Kier alpha value is -1.55. The molecule has 10 heteroatoms. The molecule has 0 aliphatic carbocycles. The van der Waals surface area contributed by atoms with Crippen molar-refractivity contribution in [2.24, 2.45) is 0 Å². The zero-order chi connectivity index (χ0) is 16.3. The maximum absolute atomic E-state index is 12.5. The Bertz CT molecular complexity index is 595. The Morgan fingerprint density at radius 1 is 1.43 bits per heavy atom. The molecule has 0 atom stereocenters. The number of sulfonamides is 1. The van der Waals surface area contributed by atoms with Crippen molar-refractivity contribution < 1.29 is 31.5 Å². The van der Waals surface area contributed by atoms with Crippen molar-refractivity contribution in [3.8, 4) is 0 Å². The molecule has 120 valence electrons. The molecule has 0 spiro atoms. The first-order valence-corrected chi connectivity index (χ1v) is 7.50. The maximum Gasteiger partial charge on any atom is 0.402 e. The van der Waals surface area contributed by atoms with Gasteiger partial charge in [0.15, 0.2) is 0 Å². The molecule has 1 aromatic rings. The van der Waals surface area contributed by atoms with Crippen LogP contribution in [0.25, 0.3) is 0 Å². The van der Waals surface area contributed by atoms with Gasteiger partial charge < -0.3 is 10.1 Å². The molecule has 21 heavy (non-hydrogen) atoms. The van der Waals surface area contributed by atoms with Crippen LogP contribution in [0.1, 0.15) is 30.3 Å². The molecule has 1 heterocycles. The van der Waals surface area contributed by atoms with Crippen molar-refractivity contribution in [2.45, 2.75) is 30.8 Å². The van der Waals surface area contributed by atoms with Crippen molar-refractivity contribution in [3.63, 3.8) is 0 Å². The molecule has 6 nitrogen and oxygen atoms in total. The quantitative estimate of drug-likeness (QED) is 0.801. The average Bonchev–Trinajstić information content (AvgIpc) is 2.83. The van der Waals surface area contributed by atoms with Gasteiger partial charge in [-0.15, -0.1) is 0 Å². The fourth-order valence-corrected chi connectivity index (χ4v) is 3.07. The molecule has 0 amide bonds. The Morgan fingerprint density at radius 2 is 2.05 bits per heavy atom. The summed E-state index contributed by atoms with van der Waals surface area (Å²) < 4.78 is 62.2. The number of nitrogens with zero attached hydrogens (tertiary/aromatic N) is 1. The van der Waals surface area contributed by atoms with Gasteiger partial charge >= 0.3 is 12.1 Å². The van der Waals surface area contributed by atoms with E-state index >= 15 is 0 Å². The van der Waals surface area contributed by atoms with E-state index in [2.05, 4.69) is 4.98 Å². The lowest BCUT2D eigenvalue weighted by Gasteiger charge is -2.22. The van der Waals surface area contributed by atoms with E-state index in [1.807, 2.05) is 0 Å². The summed E-state index contributed by atoms with van der Waals surface area (Å²) in [6.45, 7) is -0.175. The van der Waals surface area contributed by atoms with Crippen LogP contribution in [0, 0.1) is 0 Å². The molecule has 0 aliphatic heterocycles. The zero-order valence-electron chi connectivity index (χ0n) is 11.1. The van der Waals surface area contributed by atoms with Crippen LogP contribution >= 0.6 is 0 Å². The molecule has 0 bridgehead atoms. The summed E-state index contributed by atoms with van der Waals surface area (Å²) in [5, 5.41) is 8.71. The zero-order valence-corrected chi connectivity index (χ0v) is 12.0. The number of nitrogens with one attached hydrogen (secondary N) is 1. The number of alkyl halides is 3. The standard InChI is InChI=1S/C11H15F3N2O4S/c1-2-3-4-16(7-11(12,13)14)21(19,20)8-5-9(10(17)18)15-6-8/h5-6,15H,2-4,7H2,1H3,(H,17,18). The third kappa shape index (κ3) is 4.74. The average molecular weight is 328 g/mol. The lowest BCUT2D eigenvalue weighted by Crippen LogP contribution is -2.39. The van der Waals surface area contributed by atoms with Crippen molar-refractivity contribution in [3.05, 3.63) is 18.0 Å². The van der Waals surface area contributed by atoms with Crippen molar-refractivity contribution in [1.82, 2.24) is 9.29 Å². The van der Waals surface area contributed by atoms with Crippen LogP contribution in [-0.4, -0.2) is 48.0 Å². The second kappa shape index (κ2) is 6.48. The third-order valence-corrected chi connectivity index (χ3v) is 4.46. The summed E-state index contributed by atoms with van der Waals surface area (Å²) >= 11 is 0. The van der Waals surface area contributed by atoms with Crippen LogP contribution in [0.4, 0.5) is 13.2 Å². The molecule has 2 N–H and O–H groups in total. The van der Waals surface area contributed by atoms with E-state index in [1.54, 1.807) is 6.92 Å². The van der Waals surface area contributed by atoms with E-state index in [4.69, 9.17) is 5.11 Å². The molecule has 0 aliphatic rings. The normalized spacial score (nSPS) is 12.8. The van der Waals surface area contributed by atoms with Gasteiger partial charge in [0, 0.05) is 12.7 Å². The number of rotatable bonds is 7. The number of H-pyrrole nitrogens is 1. The summed E-state index contributed by atoms with van der Waals surface area (Å²) in [6, 6.07) is 0.799. The third-order valence-electron chi connectivity index (χ3n) is 2.64. The lowest BCUT2D eigenvalue weighted by molar-refractivity contribution is -0.136. The van der Waals surface area contributed by atoms with E-state index in [0.717, 1.165) is 12.3 Å². The van der Waals surface area contributed by atoms with Gasteiger partial charge in [-0.2, -0.15) is 17.5 Å². The molecule has 1 aromatic heterocycles. The Morgan fingerprint density at radius 3 is 2.48 bits per heavy atom. The van der Waals surface area contributed by atoms with Crippen LogP contribution in [0.5, 0.6) is 0 Å². The molecule has 0 saturated heterocycles. The minimum absolute atomic E-state index is 0.269. The van der Waals surface area contributed by atoms with Crippen LogP contribution in [0.2, 0.25) is 0 Å². The highest BCUT2D eigenvalue weighted by molar-refractivity contribution is 7.89. The number of carboxylic acid groups (broad SMARTS) is 1. The molecule has 0 saturated carbocycles. The number of aromatic amines is 1. The largest absolute Gasteiger partial charge is 0.477 e. The van der Waals surface area contributed by atoms with E-state index in [9.17, 15) is 26.4 Å². The second-order valence-corrected chi connectivity index (χ2v) is 6.30. The minimum atomic E-state index is -4.67. The van der Waals surface area contributed by atoms with Gasteiger partial charge in [-0.1, -0.05) is 13.3 Å². The van der Waals surface area contributed by atoms with Gasteiger partial charge in [0.2, 0.25) is 10.0 Å². The number of unbranched alkanes of at least 4 members (excludes halogenated alkanes) is 1. The summed E-state index contributed by atoms with van der Waals surface area (Å²) in [5.74, 6) is -1.40. The van der Waals surface area contributed by atoms with Gasteiger partial charge in [-0.05, 0) is 12.5 Å². The first-order chi connectivity index (χ1) is 9.58. The van der Waals surface area contributed by atoms with E-state index in [-0.39, 0.29) is 13.0 Å². The monoisotopic (exact) mass is 328 g/mol. The van der Waals surface area contributed by atoms with Crippen molar-refractivity contribution in [1.29, 1.82) is 0 Å². The van der Waals surface area contributed by atoms with Gasteiger partial charge in [0.25, 0.3) is 0 Å². The molecule has 0 unspecified atom stereocenters. The lowest BCUT2D eigenvalue weighted by atomic mass is 10.3. The molecule has 0 radical (unpaired) electrons. The first-order valence-electron chi connectivity index (χ1n) is 6.06. The van der Waals surface area contributed by atoms with Crippen molar-refractivity contribution in [2.75, 3.05) is 13.1 Å². The van der Waals surface area contributed by atoms with Crippen LogP contribution in [0.15, 0.2) is 17.2 Å². The summed E-state index contributed by atoms with van der Waals surface area (Å²) in [4.78, 5) is 12.4. The predicted octanol–water partition coefficient (Wildman–Crippen LogP) is 2.07. The van der Waals surface area contributed by atoms with Crippen LogP contribution in [0.3, 0.4) is 0 Å². The van der Waals surface area contributed by atoms with E-state index in [1.165, 1.54) is 0 Å². The van der Waals surface area contributed by atoms with Gasteiger partial charge in [-0.3, -0.25) is 0 Å².